The van der Waals surface area contributed by atoms with Crippen LogP contribution in [0, 0.1) is 0 Å². The summed E-state index contributed by atoms with van der Waals surface area (Å²) in [6.45, 7) is 2.55. The summed E-state index contributed by atoms with van der Waals surface area (Å²) in [5.74, 6) is -5.91. The SMILES string of the molecule is C[C@@H](O)[C@H](NC(=O)[C@H](Cc1ccc(O)cc1)NC(=O)[C@@H](N)Cc1ccc(-c2ccccc2)cc1)C(=O)N1CCC[C@H]1C(=O)N[C@@H](CCCCN)C(=O)N[C@H](C(=O)NCC(=O)O)[C@@H](C)OCc1ccccc1. The van der Waals surface area contributed by atoms with Gasteiger partial charge in [-0.25, -0.2) is 0 Å². The number of carbonyl (C=O) groups excluding carboxylic acids is 6. The van der Waals surface area contributed by atoms with Gasteiger partial charge in [0.1, 0.15) is 42.5 Å². The van der Waals surface area contributed by atoms with Crippen molar-refractivity contribution in [2.75, 3.05) is 19.6 Å². The monoisotopic (exact) mass is 978 g/mol. The lowest BCUT2D eigenvalue weighted by atomic mass is 10.00. The lowest BCUT2D eigenvalue weighted by molar-refractivity contribution is -0.145. The maximum atomic E-state index is 14.3. The van der Waals surface area contributed by atoms with E-state index >= 15 is 0 Å². The predicted molar refractivity (Wildman–Crippen MR) is 264 cm³/mol. The maximum Gasteiger partial charge on any atom is 0.322 e. The number of likely N-dealkylation sites (tertiary alicyclic amines) is 1. The van der Waals surface area contributed by atoms with Crippen LogP contribution < -0.4 is 38.1 Å². The van der Waals surface area contributed by atoms with E-state index in [1.807, 2.05) is 72.8 Å². The van der Waals surface area contributed by atoms with Crippen molar-refractivity contribution in [3.05, 3.63) is 126 Å². The van der Waals surface area contributed by atoms with E-state index in [1.54, 1.807) is 31.2 Å². The zero-order valence-corrected chi connectivity index (χ0v) is 40.0. The number of nitrogens with zero attached hydrogens (tertiary/aromatic N) is 1. The second-order valence-electron chi connectivity index (χ2n) is 17.7. The fraction of sp³-hybridized carbons (Fsp3) is 0.404. The van der Waals surface area contributed by atoms with Gasteiger partial charge < -0.3 is 63.0 Å². The summed E-state index contributed by atoms with van der Waals surface area (Å²) in [5, 5.41) is 43.1. The van der Waals surface area contributed by atoms with Crippen LogP contribution in [0.1, 0.15) is 62.6 Å². The van der Waals surface area contributed by atoms with Crippen LogP contribution in [0.4, 0.5) is 0 Å². The number of aromatic hydroxyl groups is 1. The molecule has 1 saturated heterocycles. The Hall–Kier alpha value is -7.19. The van der Waals surface area contributed by atoms with Gasteiger partial charge in [-0.1, -0.05) is 97.1 Å². The van der Waals surface area contributed by atoms with Gasteiger partial charge in [0.15, 0.2) is 0 Å². The second-order valence-corrected chi connectivity index (χ2v) is 17.7. The molecule has 5 rings (SSSR count). The Labute approximate surface area is 413 Å². The number of unbranched alkanes of at least 4 members (excludes halogenated alkanes) is 1. The van der Waals surface area contributed by atoms with Gasteiger partial charge in [-0.15, -0.1) is 0 Å². The molecular weight excluding hydrogens is 913 g/mol. The highest BCUT2D eigenvalue weighted by Gasteiger charge is 2.41. The Bertz CT molecular complexity index is 2390. The van der Waals surface area contributed by atoms with Crippen LogP contribution >= 0.6 is 0 Å². The highest BCUT2D eigenvalue weighted by atomic mass is 16.5. The lowest BCUT2D eigenvalue weighted by Gasteiger charge is -2.32. The number of aliphatic hydroxyl groups excluding tert-OH is 1. The van der Waals surface area contributed by atoms with E-state index in [2.05, 4.69) is 26.6 Å². The van der Waals surface area contributed by atoms with E-state index in [-0.39, 0.29) is 44.6 Å². The zero-order chi connectivity index (χ0) is 51.5. The summed E-state index contributed by atoms with van der Waals surface area (Å²) in [7, 11) is 0. The number of benzene rings is 4. The fourth-order valence-corrected chi connectivity index (χ4v) is 8.14. The summed E-state index contributed by atoms with van der Waals surface area (Å²) in [6, 6.07) is 24.7. The Morgan fingerprint density at radius 1 is 0.690 bits per heavy atom. The van der Waals surface area contributed by atoms with E-state index < -0.39 is 96.4 Å². The molecule has 4 aromatic carbocycles. The molecule has 0 aromatic heterocycles. The maximum absolute atomic E-state index is 14.3. The molecule has 0 unspecified atom stereocenters. The summed E-state index contributed by atoms with van der Waals surface area (Å²) in [6.07, 6.45) is -0.876. The first-order valence-corrected chi connectivity index (χ1v) is 23.8. The molecule has 0 radical (unpaired) electrons. The van der Waals surface area contributed by atoms with Gasteiger partial charge >= 0.3 is 5.97 Å². The summed E-state index contributed by atoms with van der Waals surface area (Å²) in [4.78, 5) is 96.2. The number of ether oxygens (including phenoxy) is 1. The summed E-state index contributed by atoms with van der Waals surface area (Å²) >= 11 is 0. The van der Waals surface area contributed by atoms with E-state index in [4.69, 9.17) is 16.2 Å². The molecule has 0 bridgehead atoms. The zero-order valence-electron chi connectivity index (χ0n) is 40.0. The van der Waals surface area contributed by atoms with Crippen LogP contribution in [0.3, 0.4) is 0 Å². The van der Waals surface area contributed by atoms with Crippen LogP contribution in [-0.2, 0) is 57.7 Å². The number of phenolic OH excluding ortho intramolecular Hbond substituents is 1. The Balaban J connectivity index is 1.28. The van der Waals surface area contributed by atoms with Gasteiger partial charge in [-0.2, -0.15) is 0 Å². The molecule has 380 valence electrons. The van der Waals surface area contributed by atoms with Gasteiger partial charge in [0.25, 0.3) is 0 Å². The van der Waals surface area contributed by atoms with E-state index in [1.165, 1.54) is 24.0 Å². The number of aliphatic carboxylic acids is 1. The molecule has 1 heterocycles. The molecule has 1 aliphatic rings. The molecule has 1 fully saturated rings. The number of aliphatic hydroxyl groups is 1. The Morgan fingerprint density at radius 2 is 1.28 bits per heavy atom. The van der Waals surface area contributed by atoms with Crippen molar-refractivity contribution >= 4 is 41.4 Å². The third kappa shape index (κ3) is 16.7. The summed E-state index contributed by atoms with van der Waals surface area (Å²) < 4.78 is 5.93. The minimum atomic E-state index is -1.59. The first kappa shape index (κ1) is 54.7. The second kappa shape index (κ2) is 27.3. The van der Waals surface area contributed by atoms with Crippen LogP contribution in [0.2, 0.25) is 0 Å². The van der Waals surface area contributed by atoms with Crippen molar-refractivity contribution in [1.82, 2.24) is 31.5 Å². The number of carbonyl (C=O) groups is 7. The Kier molecular flexibility index (Phi) is 21.0. The van der Waals surface area contributed by atoms with Gasteiger partial charge in [-0.3, -0.25) is 33.6 Å². The van der Waals surface area contributed by atoms with Crippen LogP contribution in [0.5, 0.6) is 5.75 Å². The molecular formula is C52H66N8O11. The first-order valence-electron chi connectivity index (χ1n) is 23.8. The van der Waals surface area contributed by atoms with Crippen molar-refractivity contribution in [3.8, 4) is 16.9 Å². The smallest absolute Gasteiger partial charge is 0.322 e. The molecule has 4 aromatic rings. The van der Waals surface area contributed by atoms with Crippen LogP contribution in [-0.4, -0.2) is 130 Å². The average molecular weight is 979 g/mol. The van der Waals surface area contributed by atoms with E-state index in [0.717, 1.165) is 22.3 Å². The summed E-state index contributed by atoms with van der Waals surface area (Å²) in [5.41, 5.74) is 16.3. The number of amides is 6. The molecule has 71 heavy (non-hydrogen) atoms. The minimum Gasteiger partial charge on any atom is -0.508 e. The normalized spacial score (nSPS) is 16.2. The average Bonchev–Trinajstić information content (AvgIpc) is 3.87. The van der Waals surface area contributed by atoms with Crippen molar-refractivity contribution in [2.24, 2.45) is 11.5 Å². The van der Waals surface area contributed by atoms with Crippen molar-refractivity contribution < 1.29 is 53.6 Å². The van der Waals surface area contributed by atoms with Crippen molar-refractivity contribution in [3.63, 3.8) is 0 Å². The highest BCUT2D eigenvalue weighted by molar-refractivity contribution is 5.97. The number of hydrogen-bond donors (Lipinski definition) is 10. The number of carboxylic acid groups (broad SMARTS) is 1. The Morgan fingerprint density at radius 3 is 1.92 bits per heavy atom. The third-order valence-electron chi connectivity index (χ3n) is 12.1. The molecule has 6 amide bonds. The molecule has 1 aliphatic heterocycles. The lowest BCUT2D eigenvalue weighted by Crippen LogP contribution is -2.62. The molecule has 0 spiro atoms. The number of nitrogens with one attached hydrogen (secondary N) is 5. The van der Waals surface area contributed by atoms with E-state index in [0.29, 0.717) is 31.4 Å². The van der Waals surface area contributed by atoms with Crippen molar-refractivity contribution in [2.45, 2.75) is 114 Å². The van der Waals surface area contributed by atoms with Crippen LogP contribution in [0.15, 0.2) is 109 Å². The molecule has 19 nitrogen and oxygen atoms in total. The molecule has 0 aliphatic carbocycles. The van der Waals surface area contributed by atoms with Crippen molar-refractivity contribution in [1.29, 1.82) is 0 Å². The quantitative estimate of drug-likeness (QED) is 0.0399. The van der Waals surface area contributed by atoms with E-state index in [9.17, 15) is 48.9 Å². The van der Waals surface area contributed by atoms with Gasteiger partial charge in [0.05, 0.1) is 24.9 Å². The van der Waals surface area contributed by atoms with Gasteiger partial charge in [0, 0.05) is 13.0 Å². The number of carboxylic acids is 1. The number of nitrogens with two attached hydrogens (primary N) is 2. The van der Waals surface area contributed by atoms with Crippen LogP contribution in [0.25, 0.3) is 11.1 Å². The molecule has 8 atom stereocenters. The highest BCUT2D eigenvalue weighted by Crippen LogP contribution is 2.22. The van der Waals surface area contributed by atoms with Gasteiger partial charge in [0.2, 0.25) is 35.4 Å². The molecule has 19 heteroatoms. The number of phenols is 1. The number of hydrogen-bond acceptors (Lipinski definition) is 12. The third-order valence-corrected chi connectivity index (χ3v) is 12.1. The van der Waals surface area contributed by atoms with Gasteiger partial charge in [-0.05, 0) is 98.9 Å². The first-order chi connectivity index (χ1) is 34.0. The fourth-order valence-electron chi connectivity index (χ4n) is 8.14. The topological polar surface area (TPSA) is 305 Å². The number of rotatable bonds is 26. The molecule has 12 N–H and O–H groups in total. The standard InChI is InChI=1S/C52H66N8O11/c1-32(61)45(58-49(67)42(29-35-20-24-39(62)25-21-35)57-47(65)40(54)28-34-18-22-38(23-19-34)37-14-7-4-8-15-37)52(70)60-27-11-17-43(60)50(68)56-41(16-9-10-26-53)48(66)59-46(51(69)55-30-44(63)64)33(2)71-31-36-12-5-3-6-13-36/h3-8,12-15,18-25,32-33,40-43,45-46,61-62H,9-11,16-17,26-31,53-54H2,1-2H3,(H,55,69)(H,56,68)(H,57,65)(H,58,67)(H,59,66)(H,63,64)/t32-,33-,40+,41+,42+,43+,45+,46+/m1/s1. The molecule has 0 saturated carbocycles. The predicted octanol–water partition coefficient (Wildman–Crippen LogP) is 1.42. The minimum absolute atomic E-state index is 0.0196. The largest absolute Gasteiger partial charge is 0.508 e.